The van der Waals surface area contributed by atoms with Gasteiger partial charge in [0.1, 0.15) is 18.2 Å². The summed E-state index contributed by atoms with van der Waals surface area (Å²) in [5.74, 6) is 0.609. The number of ether oxygens (including phenoxy) is 1. The Bertz CT molecular complexity index is 1650. The molecule has 4 rings (SSSR count). The molecule has 0 fully saturated rings. The van der Waals surface area contributed by atoms with Crippen LogP contribution in [0.15, 0.2) is 115 Å². The van der Waals surface area contributed by atoms with E-state index >= 15 is 0 Å². The minimum absolute atomic E-state index is 0.259. The molecule has 0 spiro atoms. The number of hydrogen-bond acceptors (Lipinski definition) is 3. The number of aromatic nitrogens is 2. The van der Waals surface area contributed by atoms with Crippen LogP contribution < -0.4 is 4.74 Å². The third-order valence-electron chi connectivity index (χ3n) is 6.24. The number of aryl methyl sites for hydroxylation is 1. The predicted molar refractivity (Wildman–Crippen MR) is 168 cm³/mol. The molecule has 5 nitrogen and oxygen atoms in total. The molecular formula is C34H30Cl2N2O3. The van der Waals surface area contributed by atoms with Crippen LogP contribution in [0.4, 0.5) is 0 Å². The van der Waals surface area contributed by atoms with Gasteiger partial charge in [0.15, 0.2) is 0 Å². The smallest absolute Gasteiger partial charge is 0.335 e. The van der Waals surface area contributed by atoms with E-state index in [1.165, 1.54) is 5.57 Å². The summed E-state index contributed by atoms with van der Waals surface area (Å²) in [4.78, 5) is 15.7. The van der Waals surface area contributed by atoms with Gasteiger partial charge >= 0.3 is 5.97 Å². The third-order valence-corrected chi connectivity index (χ3v) is 6.79. The lowest BCUT2D eigenvalue weighted by Gasteiger charge is -2.09. The zero-order chi connectivity index (χ0) is 29.4. The molecule has 0 bridgehead atoms. The van der Waals surface area contributed by atoms with Gasteiger partial charge in [-0.15, -0.1) is 0 Å². The number of nitrogens with zero attached hydrogens (tertiary/aromatic N) is 2. The maximum Gasteiger partial charge on any atom is 0.335 e. The first kappa shape index (κ1) is 29.7. The highest BCUT2D eigenvalue weighted by molar-refractivity contribution is 6.36. The van der Waals surface area contributed by atoms with Crippen LogP contribution in [-0.2, 0) is 20.1 Å². The summed E-state index contributed by atoms with van der Waals surface area (Å²) in [5, 5.41) is 10.2. The fourth-order valence-electron chi connectivity index (χ4n) is 4.07. The topological polar surface area (TPSA) is 64.3 Å². The van der Waals surface area contributed by atoms with Gasteiger partial charge < -0.3 is 14.4 Å². The van der Waals surface area contributed by atoms with E-state index in [1.807, 2.05) is 66.4 Å². The summed E-state index contributed by atoms with van der Waals surface area (Å²) in [7, 11) is 1.93. The van der Waals surface area contributed by atoms with Gasteiger partial charge in [0.25, 0.3) is 0 Å². The van der Waals surface area contributed by atoms with Crippen molar-refractivity contribution >= 4 is 35.2 Å². The number of rotatable bonds is 11. The molecule has 0 saturated carbocycles. The van der Waals surface area contributed by atoms with Gasteiger partial charge in [0, 0.05) is 23.8 Å². The summed E-state index contributed by atoms with van der Waals surface area (Å²) >= 11 is 12.4. The van der Waals surface area contributed by atoms with Gasteiger partial charge in [-0.05, 0) is 78.6 Å². The maximum atomic E-state index is 11.0. The molecule has 208 valence electrons. The molecule has 0 unspecified atom stereocenters. The van der Waals surface area contributed by atoms with E-state index in [1.54, 1.807) is 36.4 Å². The molecule has 0 saturated heterocycles. The highest BCUT2D eigenvalue weighted by Gasteiger charge is 2.09. The average Bonchev–Trinajstić information content (AvgIpc) is 3.31. The van der Waals surface area contributed by atoms with Crippen molar-refractivity contribution in [3.63, 3.8) is 0 Å². The van der Waals surface area contributed by atoms with E-state index in [2.05, 4.69) is 30.6 Å². The predicted octanol–water partition coefficient (Wildman–Crippen LogP) is 8.99. The van der Waals surface area contributed by atoms with Crippen LogP contribution >= 0.6 is 23.2 Å². The summed E-state index contributed by atoms with van der Waals surface area (Å²) in [6.07, 6.45) is 12.6. The lowest BCUT2D eigenvalue weighted by molar-refractivity contribution is 0.0697. The monoisotopic (exact) mass is 584 g/mol. The van der Waals surface area contributed by atoms with Gasteiger partial charge in [-0.2, -0.15) is 0 Å². The fourth-order valence-corrected chi connectivity index (χ4v) is 4.58. The van der Waals surface area contributed by atoms with Crippen molar-refractivity contribution in [3.05, 3.63) is 148 Å². The van der Waals surface area contributed by atoms with E-state index in [0.717, 1.165) is 46.0 Å². The SMILES string of the molecule is C=C(/C=C\C=C(/C)Cc1cccc(OCc2ccc(C(=O)O)cc2)c1)/C=C/c1nc(-c2ccc(Cl)cc2Cl)cn1C. The van der Waals surface area contributed by atoms with Gasteiger partial charge in [0.2, 0.25) is 0 Å². The molecule has 0 aliphatic carbocycles. The largest absolute Gasteiger partial charge is 0.489 e. The fraction of sp³-hybridized carbons (Fsp3) is 0.118. The highest BCUT2D eigenvalue weighted by Crippen LogP contribution is 2.30. The second kappa shape index (κ2) is 13.8. The molecule has 1 N–H and O–H groups in total. The Morgan fingerprint density at radius 3 is 2.56 bits per heavy atom. The van der Waals surface area contributed by atoms with Gasteiger partial charge in [0.05, 0.1) is 16.3 Å². The number of allylic oxidation sites excluding steroid dienone is 6. The molecule has 3 aromatic carbocycles. The lowest BCUT2D eigenvalue weighted by Crippen LogP contribution is -1.99. The molecule has 7 heteroatoms. The number of hydrogen-bond donors (Lipinski definition) is 1. The van der Waals surface area contributed by atoms with Crippen LogP contribution in [0.3, 0.4) is 0 Å². The van der Waals surface area contributed by atoms with Crippen molar-refractivity contribution in [3.8, 4) is 17.0 Å². The zero-order valence-electron chi connectivity index (χ0n) is 22.9. The van der Waals surface area contributed by atoms with Crippen LogP contribution in [0.2, 0.25) is 10.0 Å². The second-order valence-corrected chi connectivity index (χ2v) is 10.5. The second-order valence-electron chi connectivity index (χ2n) is 9.61. The summed E-state index contributed by atoms with van der Waals surface area (Å²) in [5.41, 5.74) is 5.94. The van der Waals surface area contributed by atoms with Crippen molar-refractivity contribution in [2.75, 3.05) is 0 Å². The molecule has 0 aliphatic heterocycles. The first-order chi connectivity index (χ1) is 19.7. The van der Waals surface area contributed by atoms with Crippen LogP contribution in [0.25, 0.3) is 17.3 Å². The van der Waals surface area contributed by atoms with Crippen LogP contribution in [0, 0.1) is 0 Å². The number of halogens is 2. The summed E-state index contributed by atoms with van der Waals surface area (Å²) in [6.45, 7) is 6.57. The Hall–Kier alpha value is -4.32. The molecule has 1 heterocycles. The maximum absolute atomic E-state index is 11.0. The Morgan fingerprint density at radius 1 is 1.05 bits per heavy atom. The van der Waals surface area contributed by atoms with E-state index in [0.29, 0.717) is 16.7 Å². The van der Waals surface area contributed by atoms with Gasteiger partial charge in [-0.25, -0.2) is 9.78 Å². The third kappa shape index (κ3) is 8.58. The minimum Gasteiger partial charge on any atom is -0.489 e. The number of carbonyl (C=O) groups is 1. The Kier molecular flexibility index (Phi) is 10.0. The molecular weight excluding hydrogens is 555 g/mol. The zero-order valence-corrected chi connectivity index (χ0v) is 24.4. The summed E-state index contributed by atoms with van der Waals surface area (Å²) in [6, 6.07) is 20.0. The van der Waals surface area contributed by atoms with Crippen LogP contribution in [0.5, 0.6) is 5.75 Å². The van der Waals surface area contributed by atoms with Crippen molar-refractivity contribution in [2.24, 2.45) is 7.05 Å². The number of imidazole rings is 1. The minimum atomic E-state index is -0.941. The van der Waals surface area contributed by atoms with Crippen LogP contribution in [0.1, 0.15) is 34.2 Å². The van der Waals surface area contributed by atoms with E-state index in [9.17, 15) is 4.79 Å². The number of carboxylic acids is 1. The lowest BCUT2D eigenvalue weighted by atomic mass is 10.1. The molecule has 0 radical (unpaired) electrons. The number of carboxylic acid groups (broad SMARTS) is 1. The normalized spacial score (nSPS) is 11.9. The van der Waals surface area contributed by atoms with Crippen molar-refractivity contribution < 1.29 is 14.6 Å². The molecule has 0 aliphatic rings. The van der Waals surface area contributed by atoms with Crippen molar-refractivity contribution in [1.82, 2.24) is 9.55 Å². The molecule has 0 amide bonds. The van der Waals surface area contributed by atoms with Crippen molar-refractivity contribution in [2.45, 2.75) is 20.0 Å². The number of aromatic carboxylic acids is 1. The standard InChI is InChI=1S/C34H30Cl2N2O3/c1-23(10-17-33-37-32(21-38(33)3)30-16-15-28(35)20-31(30)36)6-4-7-24(2)18-26-8-5-9-29(19-26)41-22-25-11-13-27(14-12-25)34(39)40/h4-17,19-21H,1,18,22H2,2-3H3,(H,39,40)/b6-4-,17-10+,24-7+. The molecule has 41 heavy (non-hydrogen) atoms. The number of benzene rings is 3. The Balaban J connectivity index is 1.31. The van der Waals surface area contributed by atoms with Crippen molar-refractivity contribution in [1.29, 1.82) is 0 Å². The Labute approximate surface area is 250 Å². The first-order valence-corrected chi connectivity index (χ1v) is 13.7. The molecule has 0 atom stereocenters. The average molecular weight is 586 g/mol. The Morgan fingerprint density at radius 2 is 1.83 bits per heavy atom. The summed E-state index contributed by atoms with van der Waals surface area (Å²) < 4.78 is 7.85. The van der Waals surface area contributed by atoms with E-state index in [4.69, 9.17) is 33.0 Å². The highest BCUT2D eigenvalue weighted by atomic mass is 35.5. The van der Waals surface area contributed by atoms with Gasteiger partial charge in [-0.3, -0.25) is 0 Å². The first-order valence-electron chi connectivity index (χ1n) is 12.9. The molecule has 4 aromatic rings. The molecule has 1 aromatic heterocycles. The van der Waals surface area contributed by atoms with E-state index < -0.39 is 5.97 Å². The quantitative estimate of drug-likeness (QED) is 0.179. The van der Waals surface area contributed by atoms with E-state index in [-0.39, 0.29) is 5.56 Å². The van der Waals surface area contributed by atoms with Crippen LogP contribution in [-0.4, -0.2) is 20.6 Å². The van der Waals surface area contributed by atoms with Gasteiger partial charge in [-0.1, -0.05) is 83.9 Å².